The number of hydrogen-bond acceptors (Lipinski definition) is 5. The van der Waals surface area contributed by atoms with Gasteiger partial charge in [-0.05, 0) is 68.4 Å². The molecule has 0 aromatic heterocycles. The van der Waals surface area contributed by atoms with Gasteiger partial charge < -0.3 is 20.4 Å². The molecule has 1 aromatic rings. The number of unbranched alkanes of at least 4 members (excludes halogenated alkanes) is 1. The maximum absolute atomic E-state index is 13.3. The summed E-state index contributed by atoms with van der Waals surface area (Å²) in [6, 6.07) is 8.70. The molecule has 6 atom stereocenters. The van der Waals surface area contributed by atoms with Crippen LogP contribution in [0.2, 0.25) is 0 Å². The summed E-state index contributed by atoms with van der Waals surface area (Å²) in [5.74, 6) is -0.0609. The summed E-state index contributed by atoms with van der Waals surface area (Å²) < 4.78 is 51.8. The monoisotopic (exact) mass is 545 g/mol. The van der Waals surface area contributed by atoms with Crippen molar-refractivity contribution in [3.05, 3.63) is 35.9 Å². The van der Waals surface area contributed by atoms with E-state index in [1.54, 1.807) is 0 Å². The molecule has 1 amide bonds. The molecular weight excluding hydrogens is 506 g/mol. The molecule has 208 valence electrons. The standard InChI is InChI=1S/C26H39BF3N3O3.ClH/c1-24(2)18-14-20(24)25(3)21(15-18)35-27(36-25)22(13-17-9-5-4-6-10-17)33-23(34)19(11-7-8-12-31)32-16-26(28,29)30;/h4-6,9-10,18-22,32H,7-8,11-16,31H2,1-3H3,(H,33,34);1H/t18-,19?,20-,21+,22-,25-;/m0./s1. The first-order valence-electron chi connectivity index (χ1n) is 13.1. The third-order valence-electron chi connectivity index (χ3n) is 8.74. The predicted octanol–water partition coefficient (Wildman–Crippen LogP) is 4.05. The topological polar surface area (TPSA) is 85.6 Å². The summed E-state index contributed by atoms with van der Waals surface area (Å²) in [5, 5.41) is 5.40. The first kappa shape index (κ1) is 30.2. The van der Waals surface area contributed by atoms with Gasteiger partial charge in [-0.2, -0.15) is 13.2 Å². The fraction of sp³-hybridized carbons (Fsp3) is 0.731. The van der Waals surface area contributed by atoms with Crippen LogP contribution in [0.25, 0.3) is 0 Å². The third-order valence-corrected chi connectivity index (χ3v) is 8.74. The zero-order valence-electron chi connectivity index (χ0n) is 21.9. The molecule has 1 saturated heterocycles. The second-order valence-corrected chi connectivity index (χ2v) is 11.5. The normalized spacial score (nSPS) is 29.5. The molecule has 5 rings (SSSR count). The van der Waals surface area contributed by atoms with Crippen molar-refractivity contribution < 1.29 is 27.3 Å². The molecule has 0 radical (unpaired) electrons. The number of alkyl halides is 3. The van der Waals surface area contributed by atoms with Crippen molar-refractivity contribution in [1.29, 1.82) is 0 Å². The van der Waals surface area contributed by atoms with Crippen molar-refractivity contribution in [3.8, 4) is 0 Å². The van der Waals surface area contributed by atoms with E-state index in [4.69, 9.17) is 15.0 Å². The van der Waals surface area contributed by atoms with E-state index in [0.717, 1.165) is 18.4 Å². The molecule has 37 heavy (non-hydrogen) atoms. The SMILES string of the molecule is CC1(C)[C@@H]2C[C@H]3OB([C@H](Cc4ccccc4)NC(=O)C(CCCCN)NCC(F)(F)F)O[C@@]3(C)[C@H]1C2.Cl. The average molecular weight is 546 g/mol. The molecule has 6 nitrogen and oxygen atoms in total. The lowest BCUT2D eigenvalue weighted by Gasteiger charge is -2.64. The van der Waals surface area contributed by atoms with Gasteiger partial charge in [0.25, 0.3) is 0 Å². The molecule has 1 aromatic carbocycles. The van der Waals surface area contributed by atoms with Crippen molar-refractivity contribution in [2.75, 3.05) is 13.1 Å². The van der Waals surface area contributed by atoms with Crippen LogP contribution in [0, 0.1) is 17.3 Å². The molecule has 2 bridgehead atoms. The van der Waals surface area contributed by atoms with E-state index in [2.05, 4.69) is 31.4 Å². The summed E-state index contributed by atoms with van der Waals surface area (Å²) in [6.45, 7) is 5.87. The summed E-state index contributed by atoms with van der Waals surface area (Å²) in [4.78, 5) is 13.3. The number of halogens is 4. The summed E-state index contributed by atoms with van der Waals surface area (Å²) in [6.07, 6.45) is -0.540. The fourth-order valence-electron chi connectivity index (χ4n) is 6.50. The molecule has 3 saturated carbocycles. The van der Waals surface area contributed by atoms with Gasteiger partial charge >= 0.3 is 13.3 Å². The van der Waals surface area contributed by atoms with Crippen LogP contribution in [-0.4, -0.2) is 56.0 Å². The van der Waals surface area contributed by atoms with Gasteiger partial charge in [-0.15, -0.1) is 12.4 Å². The molecule has 0 spiro atoms. The number of hydrogen-bond donors (Lipinski definition) is 3. The second kappa shape index (κ2) is 11.8. The Bertz CT molecular complexity index is 910. The zero-order chi connectivity index (χ0) is 26.1. The van der Waals surface area contributed by atoms with Crippen LogP contribution in [-0.2, 0) is 20.5 Å². The van der Waals surface area contributed by atoms with Crippen molar-refractivity contribution in [3.63, 3.8) is 0 Å². The molecule has 4 N–H and O–H groups in total. The van der Waals surface area contributed by atoms with E-state index in [1.807, 2.05) is 30.3 Å². The van der Waals surface area contributed by atoms with Crippen LogP contribution < -0.4 is 16.4 Å². The van der Waals surface area contributed by atoms with Gasteiger partial charge in [0, 0.05) is 0 Å². The lowest BCUT2D eigenvalue weighted by Crippen LogP contribution is -2.65. The van der Waals surface area contributed by atoms with Crippen LogP contribution in [0.3, 0.4) is 0 Å². The van der Waals surface area contributed by atoms with Crippen molar-refractivity contribution in [1.82, 2.24) is 10.6 Å². The Kier molecular flexibility index (Phi) is 9.65. The van der Waals surface area contributed by atoms with Gasteiger partial charge in [-0.25, -0.2) is 0 Å². The van der Waals surface area contributed by atoms with E-state index in [1.165, 1.54) is 0 Å². The third kappa shape index (κ3) is 6.64. The molecule has 4 aliphatic rings. The lowest BCUT2D eigenvalue weighted by molar-refractivity contribution is -0.199. The Balaban J connectivity index is 0.00000380. The van der Waals surface area contributed by atoms with Gasteiger partial charge in [-0.1, -0.05) is 50.6 Å². The van der Waals surface area contributed by atoms with E-state index in [-0.39, 0.29) is 30.3 Å². The van der Waals surface area contributed by atoms with E-state index >= 15 is 0 Å². The Morgan fingerprint density at radius 2 is 1.89 bits per heavy atom. The number of nitrogens with one attached hydrogen (secondary N) is 2. The second-order valence-electron chi connectivity index (χ2n) is 11.5. The first-order chi connectivity index (χ1) is 16.9. The van der Waals surface area contributed by atoms with Crippen LogP contribution >= 0.6 is 12.4 Å². The van der Waals surface area contributed by atoms with Crippen LogP contribution in [0.1, 0.15) is 58.4 Å². The van der Waals surface area contributed by atoms with Gasteiger partial charge in [0.1, 0.15) is 0 Å². The lowest BCUT2D eigenvalue weighted by atomic mass is 9.43. The highest BCUT2D eigenvalue weighted by Crippen LogP contribution is 2.65. The Labute approximate surface area is 224 Å². The molecule has 11 heteroatoms. The fourth-order valence-corrected chi connectivity index (χ4v) is 6.50. The molecule has 1 unspecified atom stereocenters. The molecule has 3 aliphatic carbocycles. The number of amides is 1. The summed E-state index contributed by atoms with van der Waals surface area (Å²) >= 11 is 0. The number of nitrogens with two attached hydrogens (primary N) is 1. The minimum atomic E-state index is -4.41. The minimum Gasteiger partial charge on any atom is -0.404 e. The number of rotatable bonds is 11. The first-order valence-corrected chi connectivity index (χ1v) is 13.1. The largest absolute Gasteiger partial charge is 0.482 e. The van der Waals surface area contributed by atoms with Crippen LogP contribution in [0.5, 0.6) is 0 Å². The highest BCUT2D eigenvalue weighted by Gasteiger charge is 2.68. The maximum Gasteiger partial charge on any atom is 0.482 e. The highest BCUT2D eigenvalue weighted by molar-refractivity contribution is 6.48. The number of carbonyl (C=O) groups is 1. The molecule has 1 heterocycles. The molecule has 4 fully saturated rings. The van der Waals surface area contributed by atoms with E-state index in [9.17, 15) is 18.0 Å². The van der Waals surface area contributed by atoms with Crippen molar-refractivity contribution in [2.24, 2.45) is 23.0 Å². The highest BCUT2D eigenvalue weighted by atomic mass is 35.5. The average Bonchev–Trinajstić information content (AvgIpc) is 3.18. The predicted molar refractivity (Wildman–Crippen MR) is 140 cm³/mol. The van der Waals surface area contributed by atoms with Gasteiger partial charge in [0.05, 0.1) is 30.2 Å². The molecule has 1 aliphatic heterocycles. The zero-order valence-corrected chi connectivity index (χ0v) is 22.7. The van der Waals surface area contributed by atoms with Gasteiger partial charge in [0.2, 0.25) is 5.91 Å². The van der Waals surface area contributed by atoms with Crippen LogP contribution in [0.15, 0.2) is 30.3 Å². The Morgan fingerprint density at radius 1 is 1.19 bits per heavy atom. The summed E-state index contributed by atoms with van der Waals surface area (Å²) in [5.41, 5.74) is 6.27. The van der Waals surface area contributed by atoms with Crippen LogP contribution in [0.4, 0.5) is 13.2 Å². The van der Waals surface area contributed by atoms with Gasteiger partial charge in [0.15, 0.2) is 0 Å². The Morgan fingerprint density at radius 3 is 2.51 bits per heavy atom. The Hall–Kier alpha value is -1.33. The molecular formula is C26H40BClF3N3O3. The van der Waals surface area contributed by atoms with E-state index in [0.29, 0.717) is 37.6 Å². The van der Waals surface area contributed by atoms with Crippen molar-refractivity contribution in [2.45, 2.75) is 89.2 Å². The summed E-state index contributed by atoms with van der Waals surface area (Å²) in [7, 11) is -0.674. The quantitative estimate of drug-likeness (QED) is 0.289. The number of carbonyl (C=O) groups excluding carboxylic acids is 1. The number of benzene rings is 1. The van der Waals surface area contributed by atoms with E-state index < -0.39 is 43.3 Å². The minimum absolute atomic E-state index is 0. The smallest absolute Gasteiger partial charge is 0.404 e. The van der Waals surface area contributed by atoms with Crippen molar-refractivity contribution >= 4 is 25.4 Å². The van der Waals surface area contributed by atoms with Gasteiger partial charge in [-0.3, -0.25) is 10.1 Å². The maximum atomic E-state index is 13.3.